The van der Waals surface area contributed by atoms with E-state index in [4.69, 9.17) is 11.6 Å². The van der Waals surface area contributed by atoms with Crippen LogP contribution in [-0.4, -0.2) is 9.97 Å². The van der Waals surface area contributed by atoms with Crippen LogP contribution in [0.2, 0.25) is 5.15 Å². The lowest BCUT2D eigenvalue weighted by molar-refractivity contribution is 1.26. The van der Waals surface area contributed by atoms with Crippen molar-refractivity contribution in [1.82, 2.24) is 9.97 Å². The molecule has 60 valence electrons. The molecule has 0 aliphatic rings. The zero-order valence-electron chi connectivity index (χ0n) is 6.04. The van der Waals surface area contributed by atoms with E-state index in [9.17, 15) is 4.79 Å². The summed E-state index contributed by atoms with van der Waals surface area (Å²) < 4.78 is 0. The monoisotopic (exact) mass is 180 g/mol. The first kappa shape index (κ1) is 7.31. The van der Waals surface area contributed by atoms with Crippen LogP contribution in [0.4, 0.5) is 0 Å². The van der Waals surface area contributed by atoms with Gasteiger partial charge in [0, 0.05) is 6.20 Å². The third-order valence-electron chi connectivity index (χ3n) is 1.59. The molecule has 0 aliphatic carbocycles. The van der Waals surface area contributed by atoms with Crippen LogP contribution in [-0.2, 0) is 0 Å². The summed E-state index contributed by atoms with van der Waals surface area (Å²) in [5.41, 5.74) is 0.475. The van der Waals surface area contributed by atoms with E-state index in [0.717, 1.165) is 0 Å². The maximum atomic E-state index is 11.2. The van der Waals surface area contributed by atoms with Crippen molar-refractivity contribution in [3.8, 4) is 0 Å². The topological polar surface area (TPSA) is 45.8 Å². The van der Waals surface area contributed by atoms with Crippen LogP contribution >= 0.6 is 11.6 Å². The minimum atomic E-state index is -0.142. The van der Waals surface area contributed by atoms with Crippen molar-refractivity contribution in [1.29, 1.82) is 0 Å². The van der Waals surface area contributed by atoms with Gasteiger partial charge in [-0.05, 0) is 18.2 Å². The van der Waals surface area contributed by atoms with E-state index in [1.54, 1.807) is 24.4 Å². The lowest BCUT2D eigenvalue weighted by Gasteiger charge is -1.94. The van der Waals surface area contributed by atoms with E-state index in [2.05, 4.69) is 9.97 Å². The van der Waals surface area contributed by atoms with Gasteiger partial charge in [-0.2, -0.15) is 0 Å². The summed E-state index contributed by atoms with van der Waals surface area (Å²) in [4.78, 5) is 17.7. The number of rotatable bonds is 0. The second kappa shape index (κ2) is 2.60. The molecule has 4 heteroatoms. The molecular weight excluding hydrogens is 176 g/mol. The molecule has 1 N–H and O–H groups in total. The summed E-state index contributed by atoms with van der Waals surface area (Å²) in [7, 11) is 0. The van der Waals surface area contributed by atoms with Crippen LogP contribution in [0.5, 0.6) is 0 Å². The highest BCUT2D eigenvalue weighted by molar-refractivity contribution is 6.29. The average molecular weight is 181 g/mol. The zero-order chi connectivity index (χ0) is 8.55. The van der Waals surface area contributed by atoms with E-state index in [1.807, 2.05) is 0 Å². The normalized spacial score (nSPS) is 10.4. The van der Waals surface area contributed by atoms with Crippen LogP contribution in [0.3, 0.4) is 0 Å². The molecule has 0 bridgehead atoms. The molecule has 12 heavy (non-hydrogen) atoms. The minimum absolute atomic E-state index is 0.142. The maximum Gasteiger partial charge on any atom is 0.257 e. The van der Waals surface area contributed by atoms with Gasteiger partial charge >= 0.3 is 0 Å². The number of hydrogen-bond donors (Lipinski definition) is 1. The summed E-state index contributed by atoms with van der Waals surface area (Å²) in [5.74, 6) is 0. The van der Waals surface area contributed by atoms with E-state index >= 15 is 0 Å². The number of pyridine rings is 2. The second-order valence-corrected chi connectivity index (χ2v) is 2.76. The number of halogens is 1. The standard InChI is InChI=1S/C8H5ClN2O/c9-7-2-1-5-6(11-7)3-4-10-8(5)12/h1-4H,(H,10,12). The summed E-state index contributed by atoms with van der Waals surface area (Å²) in [6, 6.07) is 4.96. The van der Waals surface area contributed by atoms with Gasteiger partial charge in [0.05, 0.1) is 10.9 Å². The Morgan fingerprint density at radius 2 is 2.17 bits per heavy atom. The highest BCUT2D eigenvalue weighted by atomic mass is 35.5. The fourth-order valence-corrected chi connectivity index (χ4v) is 1.20. The number of aromatic amines is 1. The lowest BCUT2D eigenvalue weighted by Crippen LogP contribution is -2.04. The molecule has 2 heterocycles. The van der Waals surface area contributed by atoms with Gasteiger partial charge in [0.15, 0.2) is 0 Å². The third-order valence-corrected chi connectivity index (χ3v) is 1.80. The largest absolute Gasteiger partial charge is 0.328 e. The maximum absolute atomic E-state index is 11.2. The summed E-state index contributed by atoms with van der Waals surface area (Å²) in [6.07, 6.45) is 1.55. The average Bonchev–Trinajstić information content (AvgIpc) is 2.04. The Hall–Kier alpha value is -1.35. The van der Waals surface area contributed by atoms with E-state index in [0.29, 0.717) is 16.1 Å². The third kappa shape index (κ3) is 1.08. The first-order valence-corrected chi connectivity index (χ1v) is 3.79. The van der Waals surface area contributed by atoms with E-state index < -0.39 is 0 Å². The van der Waals surface area contributed by atoms with Gasteiger partial charge in [0.1, 0.15) is 5.15 Å². The van der Waals surface area contributed by atoms with Crippen molar-refractivity contribution >= 4 is 22.5 Å². The highest BCUT2D eigenvalue weighted by Crippen LogP contribution is 2.10. The van der Waals surface area contributed by atoms with Crippen molar-refractivity contribution in [2.24, 2.45) is 0 Å². The molecule has 0 amide bonds. The predicted molar refractivity (Wildman–Crippen MR) is 47.4 cm³/mol. The number of fused-ring (bicyclic) bond motifs is 1. The molecule has 2 rings (SSSR count). The number of aromatic nitrogens is 2. The SMILES string of the molecule is O=c1[nH]ccc2nc(Cl)ccc12. The molecular formula is C8H5ClN2O. The molecule has 0 atom stereocenters. The molecule has 0 saturated carbocycles. The van der Waals surface area contributed by atoms with Gasteiger partial charge in [-0.3, -0.25) is 4.79 Å². The van der Waals surface area contributed by atoms with Crippen LogP contribution < -0.4 is 5.56 Å². The summed E-state index contributed by atoms with van der Waals surface area (Å²) in [5, 5.41) is 0.954. The number of H-pyrrole nitrogens is 1. The Morgan fingerprint density at radius 3 is 3.00 bits per heavy atom. The summed E-state index contributed by atoms with van der Waals surface area (Å²) >= 11 is 5.65. The molecule has 0 unspecified atom stereocenters. The van der Waals surface area contributed by atoms with Gasteiger partial charge in [-0.15, -0.1) is 0 Å². The number of hydrogen-bond acceptors (Lipinski definition) is 2. The molecule has 2 aromatic heterocycles. The molecule has 0 aliphatic heterocycles. The molecule has 3 nitrogen and oxygen atoms in total. The summed E-state index contributed by atoms with van der Waals surface area (Å²) in [6.45, 7) is 0. The number of nitrogens with one attached hydrogen (secondary N) is 1. The molecule has 0 spiro atoms. The van der Waals surface area contributed by atoms with Crippen LogP contribution in [0.15, 0.2) is 29.2 Å². The Labute approximate surface area is 73.0 Å². The quantitative estimate of drug-likeness (QED) is 0.626. The van der Waals surface area contributed by atoms with Crippen molar-refractivity contribution in [2.75, 3.05) is 0 Å². The Bertz CT molecular complexity index is 478. The van der Waals surface area contributed by atoms with Gasteiger partial charge in [-0.1, -0.05) is 11.6 Å². The Kier molecular flexibility index (Phi) is 1.59. The molecule has 2 aromatic rings. The minimum Gasteiger partial charge on any atom is -0.328 e. The van der Waals surface area contributed by atoms with Crippen molar-refractivity contribution in [3.63, 3.8) is 0 Å². The zero-order valence-corrected chi connectivity index (χ0v) is 6.80. The predicted octanol–water partition coefficient (Wildman–Crippen LogP) is 1.58. The van der Waals surface area contributed by atoms with Crippen LogP contribution in [0, 0.1) is 0 Å². The fourth-order valence-electron chi connectivity index (χ4n) is 1.04. The molecule has 0 fully saturated rings. The van der Waals surface area contributed by atoms with Gasteiger partial charge in [0.25, 0.3) is 5.56 Å². The van der Waals surface area contributed by atoms with Crippen molar-refractivity contribution in [2.45, 2.75) is 0 Å². The second-order valence-electron chi connectivity index (χ2n) is 2.37. The van der Waals surface area contributed by atoms with Gasteiger partial charge < -0.3 is 4.98 Å². The van der Waals surface area contributed by atoms with E-state index in [1.165, 1.54) is 0 Å². The lowest BCUT2D eigenvalue weighted by atomic mass is 10.3. The Morgan fingerprint density at radius 1 is 1.33 bits per heavy atom. The van der Waals surface area contributed by atoms with Crippen molar-refractivity contribution < 1.29 is 0 Å². The Balaban J connectivity index is 2.96. The molecule has 0 saturated heterocycles. The van der Waals surface area contributed by atoms with E-state index in [-0.39, 0.29) is 5.56 Å². The first-order chi connectivity index (χ1) is 5.77. The van der Waals surface area contributed by atoms with Crippen molar-refractivity contribution in [3.05, 3.63) is 39.9 Å². The highest BCUT2D eigenvalue weighted by Gasteiger charge is 1.98. The molecule has 0 radical (unpaired) electrons. The van der Waals surface area contributed by atoms with Crippen LogP contribution in [0.1, 0.15) is 0 Å². The number of nitrogens with zero attached hydrogens (tertiary/aromatic N) is 1. The smallest absolute Gasteiger partial charge is 0.257 e. The van der Waals surface area contributed by atoms with Gasteiger partial charge in [0.2, 0.25) is 0 Å². The molecule has 0 aromatic carbocycles. The first-order valence-electron chi connectivity index (χ1n) is 3.41. The van der Waals surface area contributed by atoms with Crippen LogP contribution in [0.25, 0.3) is 10.9 Å². The fraction of sp³-hybridized carbons (Fsp3) is 0. The van der Waals surface area contributed by atoms with Gasteiger partial charge in [-0.25, -0.2) is 4.98 Å².